The minimum Gasteiger partial charge on any atom is -0.493 e. The molecule has 142 heavy (non-hydrogen) atoms. The van der Waals surface area contributed by atoms with Gasteiger partial charge in [0.05, 0.1) is 75.5 Å². The number of methoxy groups -OCH3 is 7. The van der Waals surface area contributed by atoms with Gasteiger partial charge >= 0.3 is 19.3 Å². The number of aliphatic imine (C=N–C) groups is 1. The number of aliphatic carboxylic acids is 2. The molecule has 3 unspecified atom stereocenters. The molecule has 0 radical (unpaired) electrons. The second-order valence-corrected chi connectivity index (χ2v) is 37.8. The number of carboxylic acids is 2. The summed E-state index contributed by atoms with van der Waals surface area (Å²) in [5.41, 5.74) is 15.8. The molecule has 3 heterocycles. The van der Waals surface area contributed by atoms with Gasteiger partial charge in [0.1, 0.15) is 27.1 Å². The number of carbonyl (C=O) groups is 6. The van der Waals surface area contributed by atoms with E-state index in [9.17, 15) is 19.2 Å². The van der Waals surface area contributed by atoms with Crippen LogP contribution in [0.4, 0.5) is 26.7 Å². The number of fused-ring (bicyclic) bond motifs is 3. The number of amides is 4. The van der Waals surface area contributed by atoms with Crippen LogP contribution >= 0.6 is 36.3 Å². The van der Waals surface area contributed by atoms with Crippen LogP contribution in [0.1, 0.15) is 152 Å². The van der Waals surface area contributed by atoms with E-state index in [-0.39, 0.29) is 89.8 Å². The summed E-state index contributed by atoms with van der Waals surface area (Å²) in [5, 5.41) is 46.5. The quantitative estimate of drug-likeness (QED) is 0.0143. The molecule has 7 N–H and O–H groups in total. The number of halogens is 2. The van der Waals surface area contributed by atoms with Crippen molar-refractivity contribution in [3.8, 4) is 56.8 Å². The first-order chi connectivity index (χ1) is 66.1. The molecule has 15 rings (SSSR count). The van der Waals surface area contributed by atoms with Crippen molar-refractivity contribution in [3.05, 3.63) is 328 Å². The largest absolute Gasteiger partial charge is 0.493 e. The Morgan fingerprint density at radius 3 is 1.11 bits per heavy atom. The maximum absolute atomic E-state index is 13.3. The van der Waals surface area contributed by atoms with Gasteiger partial charge in [-0.25, -0.2) is 14.6 Å². The third-order valence-electron chi connectivity index (χ3n) is 22.0. The molecule has 0 saturated carbocycles. The van der Waals surface area contributed by atoms with Gasteiger partial charge in [-0.2, -0.15) is 0 Å². The minimum absolute atomic E-state index is 0. The van der Waals surface area contributed by atoms with Crippen molar-refractivity contribution in [2.24, 2.45) is 4.99 Å². The SMILES string of the molecule is C.C.CC(=O)O.CC(=O)O.COC=Nc1ccccc1B(O)O.COc1cc2c(cc1OC)C(Cc1ccc(-c3ccccc3NC(C)=O)cc1)N(C(=O)OC(C)(C)C)CC2.COc1cc2c(cc1OC)C(Cc1ccc(-c3ccccc3NC(C)=O)cc1)NCC2.COc1cc2c(cc1OC)C(Cc1ccc(Br)cc1)N(C(=O)OC(C)(C)C)CC2.Cl.[Pd].c1ccc([PH+](c2ccccc2)c2ccccc2)cc1. The van der Waals surface area contributed by atoms with E-state index in [0.29, 0.717) is 66.5 Å². The molecule has 0 bridgehead atoms. The second-order valence-electron chi connectivity index (χ2n) is 34.4. The van der Waals surface area contributed by atoms with Crippen LogP contribution in [0.25, 0.3) is 22.3 Å². The van der Waals surface area contributed by atoms with Crippen LogP contribution in [0.5, 0.6) is 34.5 Å². The van der Waals surface area contributed by atoms with E-state index in [0.717, 1.165) is 117 Å². The molecule has 3 aliphatic heterocycles. The van der Waals surface area contributed by atoms with Gasteiger partial charge in [0.25, 0.3) is 11.9 Å². The van der Waals surface area contributed by atoms with Crippen molar-refractivity contribution < 1.29 is 112 Å². The van der Waals surface area contributed by atoms with E-state index in [1.54, 1.807) is 66.9 Å². The summed E-state index contributed by atoms with van der Waals surface area (Å²) >= 11 is 3.48. The maximum atomic E-state index is 13.3. The first-order valence-corrected chi connectivity index (χ1v) is 47.4. The van der Waals surface area contributed by atoms with Gasteiger partial charge in [-0.1, -0.05) is 201 Å². The van der Waals surface area contributed by atoms with Crippen molar-refractivity contribution in [1.29, 1.82) is 0 Å². The van der Waals surface area contributed by atoms with Gasteiger partial charge in [0.2, 0.25) is 11.8 Å². The van der Waals surface area contributed by atoms with E-state index in [4.69, 9.17) is 67.7 Å². The van der Waals surface area contributed by atoms with Gasteiger partial charge in [-0.05, 0) is 251 Å². The fraction of sp³-hybridized carbons (Fsp3) is 0.295. The molecule has 3 aliphatic rings. The van der Waals surface area contributed by atoms with E-state index < -0.39 is 38.2 Å². The molecule has 0 fully saturated rings. The number of rotatable bonds is 22. The Morgan fingerprint density at radius 1 is 0.444 bits per heavy atom. The number of nitrogens with one attached hydrogen (secondary N) is 3. The third kappa shape index (κ3) is 36.3. The summed E-state index contributed by atoms with van der Waals surface area (Å²) in [6.07, 6.45) is 5.21. The number of ether oxygens (including phenoxy) is 9. The Kier molecular flexibility index (Phi) is 49.8. The first kappa shape index (κ1) is 120. The van der Waals surface area contributed by atoms with Crippen LogP contribution in [-0.2, 0) is 92.3 Å². The van der Waals surface area contributed by atoms with E-state index in [1.807, 2.05) is 148 Å². The molecule has 758 valence electrons. The van der Waals surface area contributed by atoms with Crippen molar-refractivity contribution in [2.45, 2.75) is 152 Å². The van der Waals surface area contributed by atoms with E-state index in [1.165, 1.54) is 65.5 Å². The van der Waals surface area contributed by atoms with Crippen molar-refractivity contribution in [3.63, 3.8) is 0 Å². The zero-order valence-electron chi connectivity index (χ0n) is 82.1. The summed E-state index contributed by atoms with van der Waals surface area (Å²) < 4.78 is 50.3. The number of hydrogen-bond acceptors (Lipinski definition) is 19. The van der Waals surface area contributed by atoms with Gasteiger partial charge in [0.15, 0.2) is 40.9 Å². The summed E-state index contributed by atoms with van der Waals surface area (Å²) in [5.74, 6) is 2.38. The second kappa shape index (κ2) is 59.1. The molecule has 4 amide bonds. The number of benzene rings is 12. The monoisotopic (exact) mass is 2130 g/mol. The Bertz CT molecular complexity index is 5910. The van der Waals surface area contributed by atoms with Gasteiger partial charge < -0.3 is 88.6 Å². The Balaban J connectivity index is 0.000000314. The number of hydrogen-bond donors (Lipinski definition) is 7. The third-order valence-corrected chi connectivity index (χ3v) is 25.2. The molecule has 0 aliphatic carbocycles. The molecule has 0 aromatic heterocycles. The Labute approximate surface area is 866 Å². The molecule has 12 aromatic rings. The standard InChI is InChI=1S/C31H36N2O5.C26H28N2O3.C23H28BrNO4.C18H15P.C8H10BNO3.2C2H4O2.2CH4.ClH.Pd/c1-20(34)32-26-10-8-7-9-24(26)22-13-11-21(12-14-22)17-27-25-19-29(37-6)28(36-5)18-23(25)15-16-33(27)30(35)38-31(2,3)4;1-17(29)28-23-7-5-4-6-21(23)19-10-8-18(9-11-19)14-24-22-16-26(31-3)25(30-2)15-20(22)12-13-27-24;1-23(2,3)29-22(26)25-11-10-16-13-20(27-4)21(28-5)14-18(16)19(25)12-15-6-8-17(24)9-7-15;1-4-10-16(11-5-1)19(17-12-6-2-7-13-17)18-14-8-3-9-15-18;1-13-6-10-8-5-3-2-4-7(8)9(11)12;2*1-2(3)4;;;;/h7-14,18-19,27H,15-17H2,1-6H3,(H,32,34);4-11,15-16,24,27H,12-14H2,1-3H3,(H,28,29);6-9,13-14,19H,10-12H2,1-5H3;1-15H;2-6,11-12H,1H3;2*1H3,(H,3,4);2*1H4;1H;/p+1. The van der Waals surface area contributed by atoms with Crippen LogP contribution in [-0.4, -0.2) is 160 Å². The van der Waals surface area contributed by atoms with Gasteiger partial charge in [-0.15, -0.1) is 12.4 Å². The minimum atomic E-state index is -1.51. The van der Waals surface area contributed by atoms with Crippen molar-refractivity contribution >= 4 is 124 Å². The van der Waals surface area contributed by atoms with E-state index >= 15 is 0 Å². The smallest absolute Gasteiger partial charge is 0.490 e. The van der Waals surface area contributed by atoms with Crippen LogP contribution in [0, 0.1) is 0 Å². The first-order valence-electron chi connectivity index (χ1n) is 45.1. The average molecular weight is 2130 g/mol. The molecule has 30 heteroatoms. The zero-order chi connectivity index (χ0) is 100. The molecule has 3 atom stereocenters. The molecular weight excluding hydrogens is 2000 g/mol. The van der Waals surface area contributed by atoms with Crippen LogP contribution in [0.2, 0.25) is 0 Å². The molecule has 25 nitrogen and oxygen atoms in total. The number of anilines is 2. The van der Waals surface area contributed by atoms with Gasteiger partial charge in [0, 0.05) is 99.7 Å². The number of carbonyl (C=O) groups excluding carboxylic acids is 4. The van der Waals surface area contributed by atoms with Gasteiger partial charge in [-0.3, -0.25) is 19.2 Å². The Morgan fingerprint density at radius 2 is 0.761 bits per heavy atom. The van der Waals surface area contributed by atoms with Crippen LogP contribution in [0.3, 0.4) is 0 Å². The van der Waals surface area contributed by atoms with Crippen LogP contribution in [0.15, 0.2) is 282 Å². The number of carboxylic acid groups (broad SMARTS) is 2. The molecule has 0 saturated heterocycles. The maximum Gasteiger partial charge on any atom is 0.490 e. The summed E-state index contributed by atoms with van der Waals surface area (Å²) in [4.78, 5) is 75.0. The predicted molar refractivity (Wildman–Crippen MR) is 575 cm³/mol. The Hall–Kier alpha value is -12.9. The normalized spacial score (nSPS) is 13.3. The summed E-state index contributed by atoms with van der Waals surface area (Å²) in [6.45, 7) is 18.6. The summed E-state index contributed by atoms with van der Waals surface area (Å²) in [7, 11) is 8.95. The average Bonchev–Trinajstić information content (AvgIpc) is 0.775. The summed E-state index contributed by atoms with van der Waals surface area (Å²) in [6, 6.07) is 91.9. The van der Waals surface area contributed by atoms with Crippen molar-refractivity contribution in [1.82, 2.24) is 15.1 Å². The molecular formula is C112H135BBrClN6O19PPd+. The van der Waals surface area contributed by atoms with Crippen LogP contribution < -0.4 is 65.7 Å². The predicted octanol–water partition coefficient (Wildman–Crippen LogP) is 21.4. The van der Waals surface area contributed by atoms with Crippen molar-refractivity contribution in [2.75, 3.05) is 80.0 Å². The van der Waals surface area contributed by atoms with E-state index in [2.05, 4.69) is 193 Å². The topological polar surface area (TPSA) is 321 Å². The fourth-order valence-electron chi connectivity index (χ4n) is 16.0. The molecule has 12 aromatic carbocycles. The number of nitrogens with zero attached hydrogens (tertiary/aromatic N) is 3. The zero-order valence-corrected chi connectivity index (χ0v) is 87.0. The molecule has 0 spiro atoms. The number of para-hydroxylation sites is 3. The fourth-order valence-corrected chi connectivity index (χ4v) is 18.8.